The smallest absolute Gasteiger partial charge is 0.337 e. The van der Waals surface area contributed by atoms with Crippen molar-refractivity contribution >= 4 is 23.2 Å². The van der Waals surface area contributed by atoms with Crippen LogP contribution in [0.25, 0.3) is 10.9 Å². The van der Waals surface area contributed by atoms with Gasteiger partial charge < -0.3 is 9.67 Å². The Morgan fingerprint density at radius 3 is 2.81 bits per heavy atom. The number of benzene rings is 1. The number of carboxylic acid groups (broad SMARTS) is 1. The number of para-hydroxylation sites is 1. The minimum Gasteiger partial charge on any atom is -0.478 e. The second kappa shape index (κ2) is 3.81. The van der Waals surface area contributed by atoms with Crippen molar-refractivity contribution in [2.24, 2.45) is 0 Å². The summed E-state index contributed by atoms with van der Waals surface area (Å²) in [6.07, 6.45) is 2.43. The van der Waals surface area contributed by atoms with Crippen LogP contribution < -0.4 is 0 Å². The van der Waals surface area contributed by atoms with Crippen LogP contribution in [-0.4, -0.2) is 21.9 Å². The van der Waals surface area contributed by atoms with E-state index in [0.717, 1.165) is 6.29 Å². The van der Waals surface area contributed by atoms with Gasteiger partial charge in [-0.1, -0.05) is 12.1 Å². The number of aromatic nitrogens is 1. The Morgan fingerprint density at radius 1 is 1.50 bits per heavy atom. The van der Waals surface area contributed by atoms with Gasteiger partial charge in [0, 0.05) is 23.7 Å². The molecule has 2 aromatic rings. The number of nitrogens with zero attached hydrogens (tertiary/aromatic N) is 1. The Balaban J connectivity index is 2.89. The van der Waals surface area contributed by atoms with Crippen molar-refractivity contribution in [1.29, 1.82) is 0 Å². The fraction of sp³-hybridized carbons (Fsp3) is 0.167. The Hall–Kier alpha value is -2.10. The van der Waals surface area contributed by atoms with Crippen LogP contribution >= 0.6 is 0 Å². The Kier molecular flexibility index (Phi) is 2.48. The number of carboxylic acids is 1. The molecular weight excluding hydrogens is 206 g/mol. The number of carbonyl (C=O) groups is 2. The predicted molar refractivity (Wildman–Crippen MR) is 60.0 cm³/mol. The first kappa shape index (κ1) is 10.4. The third kappa shape index (κ3) is 1.39. The highest BCUT2D eigenvalue weighted by Gasteiger charge is 2.14. The summed E-state index contributed by atoms with van der Waals surface area (Å²) in [5, 5.41) is 9.77. The maximum Gasteiger partial charge on any atom is 0.337 e. The minimum absolute atomic E-state index is 0.229. The van der Waals surface area contributed by atoms with Gasteiger partial charge in [0.1, 0.15) is 0 Å². The van der Waals surface area contributed by atoms with E-state index < -0.39 is 5.97 Å². The molecule has 0 saturated heterocycles. The molecule has 16 heavy (non-hydrogen) atoms. The van der Waals surface area contributed by atoms with E-state index in [9.17, 15) is 9.59 Å². The summed E-state index contributed by atoms with van der Waals surface area (Å²) in [5.74, 6) is -0.976. The lowest BCUT2D eigenvalue weighted by molar-refractivity contribution is 0.0698. The molecule has 0 atom stereocenters. The number of aromatic carboxylic acids is 1. The van der Waals surface area contributed by atoms with Crippen molar-refractivity contribution in [3.8, 4) is 0 Å². The van der Waals surface area contributed by atoms with E-state index in [-0.39, 0.29) is 5.56 Å². The highest BCUT2D eigenvalue weighted by Crippen LogP contribution is 2.23. The Bertz CT molecular complexity index is 569. The number of aryl methyl sites for hydroxylation is 1. The van der Waals surface area contributed by atoms with E-state index in [0.29, 0.717) is 23.0 Å². The van der Waals surface area contributed by atoms with Gasteiger partial charge in [0.2, 0.25) is 0 Å². The second-order valence-corrected chi connectivity index (χ2v) is 3.50. The van der Waals surface area contributed by atoms with Crippen molar-refractivity contribution in [3.05, 3.63) is 35.5 Å². The number of rotatable bonds is 3. The lowest BCUT2D eigenvalue weighted by Crippen LogP contribution is -2.01. The zero-order valence-electron chi connectivity index (χ0n) is 8.80. The van der Waals surface area contributed by atoms with Gasteiger partial charge in [-0.2, -0.15) is 0 Å². The summed E-state index contributed by atoms with van der Waals surface area (Å²) in [7, 11) is 0. The van der Waals surface area contributed by atoms with Gasteiger partial charge in [-0.25, -0.2) is 4.79 Å². The van der Waals surface area contributed by atoms with Crippen molar-refractivity contribution < 1.29 is 14.7 Å². The van der Waals surface area contributed by atoms with E-state index in [1.807, 2.05) is 6.92 Å². The highest BCUT2D eigenvalue weighted by molar-refractivity contribution is 6.07. The van der Waals surface area contributed by atoms with Crippen molar-refractivity contribution in [3.63, 3.8) is 0 Å². The number of aldehydes is 1. The molecule has 4 nitrogen and oxygen atoms in total. The lowest BCUT2D eigenvalue weighted by Gasteiger charge is -2.03. The third-order valence-corrected chi connectivity index (χ3v) is 2.63. The summed E-state index contributed by atoms with van der Waals surface area (Å²) < 4.78 is 1.78. The SMILES string of the molecule is CCn1cc(C=O)c2cccc(C(=O)O)c21. The van der Waals surface area contributed by atoms with E-state index >= 15 is 0 Å². The molecule has 0 bridgehead atoms. The van der Waals surface area contributed by atoms with Gasteiger partial charge >= 0.3 is 5.97 Å². The van der Waals surface area contributed by atoms with Gasteiger partial charge in [0.15, 0.2) is 6.29 Å². The average Bonchev–Trinajstić information content (AvgIpc) is 2.66. The van der Waals surface area contributed by atoms with Crippen LogP contribution in [0.3, 0.4) is 0 Å². The monoisotopic (exact) mass is 217 g/mol. The number of fused-ring (bicyclic) bond motifs is 1. The van der Waals surface area contributed by atoms with Gasteiger partial charge in [-0.05, 0) is 13.0 Å². The summed E-state index contributed by atoms with van der Waals surface area (Å²) in [6, 6.07) is 4.96. The van der Waals surface area contributed by atoms with Crippen LogP contribution in [0.15, 0.2) is 24.4 Å². The molecule has 2 rings (SSSR count). The van der Waals surface area contributed by atoms with Crippen LogP contribution in [0.1, 0.15) is 27.6 Å². The minimum atomic E-state index is -0.976. The van der Waals surface area contributed by atoms with Gasteiger partial charge in [0.05, 0.1) is 11.1 Å². The molecular formula is C12H11NO3. The standard InChI is InChI=1S/C12H11NO3/c1-2-13-6-8(7-14)9-4-3-5-10(11(9)13)12(15)16/h3-7H,2H2,1H3,(H,15,16). The summed E-state index contributed by atoms with van der Waals surface area (Å²) in [6.45, 7) is 2.54. The van der Waals surface area contributed by atoms with Crippen LogP contribution in [0, 0.1) is 0 Å². The maximum absolute atomic E-state index is 11.1. The first-order chi connectivity index (χ1) is 7.69. The Morgan fingerprint density at radius 2 is 2.25 bits per heavy atom. The molecule has 0 saturated carbocycles. The van der Waals surface area contributed by atoms with E-state index in [2.05, 4.69) is 0 Å². The van der Waals surface area contributed by atoms with Gasteiger partial charge in [0.25, 0.3) is 0 Å². The van der Waals surface area contributed by atoms with E-state index in [1.165, 1.54) is 0 Å². The molecule has 0 aliphatic heterocycles. The molecule has 0 amide bonds. The molecule has 0 unspecified atom stereocenters. The Labute approximate surface area is 92.1 Å². The lowest BCUT2D eigenvalue weighted by atomic mass is 10.1. The van der Waals surface area contributed by atoms with Crippen LogP contribution in [-0.2, 0) is 6.54 Å². The van der Waals surface area contributed by atoms with Crippen molar-refractivity contribution in [2.45, 2.75) is 13.5 Å². The van der Waals surface area contributed by atoms with Crippen molar-refractivity contribution in [2.75, 3.05) is 0 Å². The summed E-state index contributed by atoms with van der Waals surface area (Å²) >= 11 is 0. The second-order valence-electron chi connectivity index (χ2n) is 3.50. The molecule has 1 aromatic heterocycles. The maximum atomic E-state index is 11.1. The highest BCUT2D eigenvalue weighted by atomic mass is 16.4. The topological polar surface area (TPSA) is 59.3 Å². The summed E-state index contributed by atoms with van der Waals surface area (Å²) in [5.41, 5.74) is 1.37. The first-order valence-electron chi connectivity index (χ1n) is 4.99. The molecule has 1 aromatic carbocycles. The molecule has 0 spiro atoms. The summed E-state index contributed by atoms with van der Waals surface area (Å²) in [4.78, 5) is 21.9. The molecule has 1 N–H and O–H groups in total. The molecule has 1 heterocycles. The number of hydrogen-bond donors (Lipinski definition) is 1. The molecule has 82 valence electrons. The quantitative estimate of drug-likeness (QED) is 0.801. The third-order valence-electron chi connectivity index (χ3n) is 2.63. The van der Waals surface area contributed by atoms with Crippen LogP contribution in [0.2, 0.25) is 0 Å². The van der Waals surface area contributed by atoms with Crippen LogP contribution in [0.5, 0.6) is 0 Å². The fourth-order valence-electron chi connectivity index (χ4n) is 1.90. The van der Waals surface area contributed by atoms with E-state index in [1.54, 1.807) is 29.0 Å². The average molecular weight is 217 g/mol. The van der Waals surface area contributed by atoms with Gasteiger partial charge in [-0.3, -0.25) is 4.79 Å². The number of carbonyl (C=O) groups excluding carboxylic acids is 1. The zero-order chi connectivity index (χ0) is 11.7. The molecule has 0 aliphatic carbocycles. The molecule has 0 fully saturated rings. The predicted octanol–water partition coefficient (Wildman–Crippen LogP) is 2.17. The zero-order valence-corrected chi connectivity index (χ0v) is 8.80. The first-order valence-corrected chi connectivity index (χ1v) is 4.99. The number of hydrogen-bond acceptors (Lipinski definition) is 2. The van der Waals surface area contributed by atoms with Crippen molar-refractivity contribution in [1.82, 2.24) is 4.57 Å². The fourth-order valence-corrected chi connectivity index (χ4v) is 1.90. The van der Waals surface area contributed by atoms with Gasteiger partial charge in [-0.15, -0.1) is 0 Å². The molecule has 0 radical (unpaired) electrons. The van der Waals surface area contributed by atoms with E-state index in [4.69, 9.17) is 5.11 Å². The largest absolute Gasteiger partial charge is 0.478 e. The normalized spacial score (nSPS) is 10.6. The van der Waals surface area contributed by atoms with Crippen LogP contribution in [0.4, 0.5) is 0 Å². The molecule has 0 aliphatic rings. The molecule has 4 heteroatoms.